The Morgan fingerprint density at radius 1 is 0.968 bits per heavy atom. The quantitative estimate of drug-likeness (QED) is 0.434. The molecule has 4 nitrogen and oxygen atoms in total. The Morgan fingerprint density at radius 2 is 1.77 bits per heavy atom. The van der Waals surface area contributed by atoms with Crippen LogP contribution in [0.3, 0.4) is 0 Å². The van der Waals surface area contributed by atoms with Gasteiger partial charge in [-0.05, 0) is 47.9 Å². The summed E-state index contributed by atoms with van der Waals surface area (Å²) in [6.45, 7) is 0.352. The van der Waals surface area contributed by atoms with E-state index in [-0.39, 0.29) is 22.7 Å². The number of carbonyl (C=O) groups is 1. The largest absolute Gasteiger partial charge is 0.450 e. The average molecular weight is 434 g/mol. The second-order valence-corrected chi connectivity index (χ2v) is 7.94. The fourth-order valence-corrected chi connectivity index (χ4v) is 4.31. The van der Waals surface area contributed by atoms with E-state index in [0.717, 1.165) is 5.56 Å². The zero-order valence-corrected chi connectivity index (χ0v) is 17.1. The molecule has 0 bridgehead atoms. The zero-order chi connectivity index (χ0) is 21.5. The first-order chi connectivity index (χ1) is 15.0. The minimum Gasteiger partial charge on any atom is -0.450 e. The van der Waals surface area contributed by atoms with Gasteiger partial charge >= 0.3 is 0 Å². The predicted octanol–water partition coefficient (Wildman–Crippen LogP) is 5.37. The third-order valence-electron chi connectivity index (χ3n) is 5.58. The lowest BCUT2D eigenvalue weighted by molar-refractivity contribution is 0.0730. The normalized spacial score (nSPS) is 15.5. The molecule has 1 aliphatic heterocycles. The van der Waals surface area contributed by atoms with Gasteiger partial charge in [-0.1, -0.05) is 54.1 Å². The summed E-state index contributed by atoms with van der Waals surface area (Å²) in [6.07, 6.45) is 0.589. The van der Waals surface area contributed by atoms with E-state index in [9.17, 15) is 14.0 Å². The minimum absolute atomic E-state index is 0.00199. The standard InChI is InChI=1S/C25H17ClFNO3/c26-17-9-10-20-19(14-17)23(29)21-22(16-7-4-8-18(27)13-16)28(25(30)24(21)31-20)12-11-15-5-2-1-3-6-15/h1-10,13-14,22H,11-12H2. The number of halogens is 2. The molecule has 154 valence electrons. The summed E-state index contributed by atoms with van der Waals surface area (Å²) < 4.78 is 19.9. The van der Waals surface area contributed by atoms with Gasteiger partial charge in [0.15, 0.2) is 5.43 Å². The maximum Gasteiger partial charge on any atom is 0.290 e. The highest BCUT2D eigenvalue weighted by atomic mass is 35.5. The summed E-state index contributed by atoms with van der Waals surface area (Å²) >= 11 is 6.08. The van der Waals surface area contributed by atoms with Crippen LogP contribution in [0.25, 0.3) is 11.0 Å². The van der Waals surface area contributed by atoms with Gasteiger partial charge in [0.25, 0.3) is 5.91 Å². The molecule has 6 heteroatoms. The molecule has 31 heavy (non-hydrogen) atoms. The Morgan fingerprint density at radius 3 is 2.55 bits per heavy atom. The molecule has 4 aromatic rings. The van der Waals surface area contributed by atoms with Crippen LogP contribution in [-0.2, 0) is 6.42 Å². The summed E-state index contributed by atoms with van der Waals surface area (Å²) in [5.41, 5.74) is 1.76. The van der Waals surface area contributed by atoms with Gasteiger partial charge in [0.05, 0.1) is 17.0 Å². The zero-order valence-electron chi connectivity index (χ0n) is 16.3. The van der Waals surface area contributed by atoms with E-state index in [4.69, 9.17) is 16.0 Å². The molecule has 0 aliphatic carbocycles. The van der Waals surface area contributed by atoms with Crippen LogP contribution in [0.2, 0.25) is 5.02 Å². The molecule has 5 rings (SSSR count). The second kappa shape index (κ2) is 7.67. The molecule has 1 atom stereocenters. The van der Waals surface area contributed by atoms with Crippen molar-refractivity contribution in [1.29, 1.82) is 0 Å². The van der Waals surface area contributed by atoms with E-state index in [1.807, 2.05) is 30.3 Å². The predicted molar refractivity (Wildman–Crippen MR) is 117 cm³/mol. The van der Waals surface area contributed by atoms with Crippen LogP contribution >= 0.6 is 11.6 Å². The molecule has 1 amide bonds. The maximum absolute atomic E-state index is 14.1. The molecule has 1 unspecified atom stereocenters. The first kappa shape index (κ1) is 19.5. The van der Waals surface area contributed by atoms with Gasteiger partial charge in [-0.3, -0.25) is 9.59 Å². The molecular weight excluding hydrogens is 417 g/mol. The second-order valence-electron chi connectivity index (χ2n) is 7.51. The summed E-state index contributed by atoms with van der Waals surface area (Å²) in [5.74, 6) is -0.814. The van der Waals surface area contributed by atoms with E-state index in [0.29, 0.717) is 34.5 Å². The highest BCUT2D eigenvalue weighted by Gasteiger charge is 2.42. The van der Waals surface area contributed by atoms with E-state index >= 15 is 0 Å². The molecule has 1 aromatic heterocycles. The van der Waals surface area contributed by atoms with Crippen molar-refractivity contribution >= 4 is 28.5 Å². The molecule has 0 spiro atoms. The van der Waals surface area contributed by atoms with Crippen molar-refractivity contribution in [1.82, 2.24) is 4.90 Å². The maximum atomic E-state index is 14.1. The lowest BCUT2D eigenvalue weighted by Gasteiger charge is -2.25. The van der Waals surface area contributed by atoms with Crippen LogP contribution in [0, 0.1) is 5.82 Å². The fourth-order valence-electron chi connectivity index (χ4n) is 4.14. The van der Waals surface area contributed by atoms with Crippen LogP contribution in [0.1, 0.15) is 33.3 Å². The number of hydrogen-bond acceptors (Lipinski definition) is 3. The van der Waals surface area contributed by atoms with Crippen molar-refractivity contribution < 1.29 is 13.6 Å². The minimum atomic E-state index is -0.735. The molecule has 0 radical (unpaired) electrons. The van der Waals surface area contributed by atoms with E-state index < -0.39 is 11.9 Å². The van der Waals surface area contributed by atoms with Crippen LogP contribution in [0.5, 0.6) is 0 Å². The number of carbonyl (C=O) groups excluding carboxylic acids is 1. The average Bonchev–Trinajstić information content (AvgIpc) is 3.05. The molecule has 0 saturated heterocycles. The molecule has 0 fully saturated rings. The summed E-state index contributed by atoms with van der Waals surface area (Å²) in [6, 6.07) is 19.7. The van der Waals surface area contributed by atoms with Gasteiger partial charge in [-0.2, -0.15) is 0 Å². The molecule has 0 saturated carbocycles. The van der Waals surface area contributed by atoms with Gasteiger partial charge < -0.3 is 9.32 Å². The Hall–Kier alpha value is -3.44. The third-order valence-corrected chi connectivity index (χ3v) is 5.81. The van der Waals surface area contributed by atoms with Gasteiger partial charge in [0.2, 0.25) is 5.76 Å². The van der Waals surface area contributed by atoms with Gasteiger partial charge in [0.1, 0.15) is 11.4 Å². The number of amides is 1. The van der Waals surface area contributed by atoms with Crippen molar-refractivity contribution in [2.24, 2.45) is 0 Å². The topological polar surface area (TPSA) is 50.5 Å². The van der Waals surface area contributed by atoms with Crippen molar-refractivity contribution in [3.63, 3.8) is 0 Å². The van der Waals surface area contributed by atoms with Gasteiger partial charge in [-0.25, -0.2) is 4.39 Å². The summed E-state index contributed by atoms with van der Waals surface area (Å²) in [4.78, 5) is 28.3. The number of nitrogens with zero attached hydrogens (tertiary/aromatic N) is 1. The Bertz CT molecular complexity index is 1370. The highest BCUT2D eigenvalue weighted by molar-refractivity contribution is 6.31. The van der Waals surface area contributed by atoms with Crippen LogP contribution < -0.4 is 5.43 Å². The molecule has 1 aliphatic rings. The molecule has 0 N–H and O–H groups in total. The first-order valence-electron chi connectivity index (χ1n) is 9.89. The lowest BCUT2D eigenvalue weighted by atomic mass is 9.98. The van der Waals surface area contributed by atoms with E-state index in [2.05, 4.69) is 0 Å². The third kappa shape index (κ3) is 3.41. The van der Waals surface area contributed by atoms with E-state index in [1.165, 1.54) is 18.2 Å². The highest BCUT2D eigenvalue weighted by Crippen LogP contribution is 2.38. The van der Waals surface area contributed by atoms with Crippen molar-refractivity contribution in [3.05, 3.63) is 116 Å². The fraction of sp³-hybridized carbons (Fsp3) is 0.120. The van der Waals surface area contributed by atoms with Crippen LogP contribution in [-0.4, -0.2) is 17.4 Å². The van der Waals surface area contributed by atoms with Crippen LogP contribution in [0.15, 0.2) is 82.0 Å². The van der Waals surface area contributed by atoms with Crippen LogP contribution in [0.4, 0.5) is 4.39 Å². The Labute approximate surface area is 182 Å². The lowest BCUT2D eigenvalue weighted by Crippen LogP contribution is -2.31. The van der Waals surface area contributed by atoms with Gasteiger partial charge in [0, 0.05) is 11.6 Å². The SMILES string of the molecule is O=C1c2oc3ccc(Cl)cc3c(=O)c2C(c2cccc(F)c2)N1CCc1ccccc1. The summed E-state index contributed by atoms with van der Waals surface area (Å²) in [7, 11) is 0. The monoisotopic (exact) mass is 433 g/mol. The number of rotatable bonds is 4. The Kier molecular flexibility index (Phi) is 4.83. The first-order valence-corrected chi connectivity index (χ1v) is 10.3. The number of hydrogen-bond donors (Lipinski definition) is 0. The summed E-state index contributed by atoms with van der Waals surface area (Å²) in [5, 5.41) is 0.692. The number of benzene rings is 3. The Balaban J connectivity index is 1.67. The van der Waals surface area contributed by atoms with E-state index in [1.54, 1.807) is 29.2 Å². The molecular formula is C25H17ClFNO3. The van der Waals surface area contributed by atoms with Gasteiger partial charge in [-0.15, -0.1) is 0 Å². The van der Waals surface area contributed by atoms with Crippen molar-refractivity contribution in [2.45, 2.75) is 12.5 Å². The number of fused-ring (bicyclic) bond motifs is 2. The smallest absolute Gasteiger partial charge is 0.290 e. The van der Waals surface area contributed by atoms with Crippen molar-refractivity contribution in [2.75, 3.05) is 6.54 Å². The molecule has 2 heterocycles. The molecule has 3 aromatic carbocycles. The van der Waals surface area contributed by atoms with Crippen molar-refractivity contribution in [3.8, 4) is 0 Å².